The van der Waals surface area contributed by atoms with Gasteiger partial charge in [-0.15, -0.1) is 0 Å². The van der Waals surface area contributed by atoms with Gasteiger partial charge in [0.05, 0.1) is 0 Å². The summed E-state index contributed by atoms with van der Waals surface area (Å²) in [7, 11) is 0. The molecule has 0 bridgehead atoms. The molecule has 2 rings (SSSR count). The Bertz CT molecular complexity index is 445. The van der Waals surface area contributed by atoms with Crippen LogP contribution in [0.15, 0.2) is 18.2 Å². The van der Waals surface area contributed by atoms with Crippen LogP contribution in [0.1, 0.15) is 52.0 Å². The summed E-state index contributed by atoms with van der Waals surface area (Å²) >= 11 is 0. The Labute approximate surface area is 128 Å². The van der Waals surface area contributed by atoms with Gasteiger partial charge in [0.25, 0.3) is 0 Å². The third-order valence-corrected chi connectivity index (χ3v) is 5.27. The summed E-state index contributed by atoms with van der Waals surface area (Å²) in [5, 5.41) is 3.32. The topological polar surface area (TPSA) is 15.3 Å². The smallest absolute Gasteiger partial charge is 0.123 e. The van der Waals surface area contributed by atoms with Crippen LogP contribution in [-0.2, 0) is 6.54 Å². The first-order valence-electron chi connectivity index (χ1n) is 8.38. The molecular weight excluding hydrogens is 263 g/mol. The standard InChI is InChI=1S/C18H29FN2/c1-4-18(5-2)9-11-21(12-10-18)17-8-7-16(19)13-15(17)14-20-6-3/h7-8,13,20H,4-6,9-12,14H2,1-3H3. The molecule has 118 valence electrons. The predicted molar refractivity (Wildman–Crippen MR) is 88.2 cm³/mol. The summed E-state index contributed by atoms with van der Waals surface area (Å²) in [6.07, 6.45) is 5.03. The Kier molecular flexibility index (Phi) is 5.63. The number of benzene rings is 1. The van der Waals surface area contributed by atoms with E-state index in [0.29, 0.717) is 5.41 Å². The van der Waals surface area contributed by atoms with E-state index in [1.807, 2.05) is 6.07 Å². The molecule has 0 saturated carbocycles. The Morgan fingerprint density at radius 1 is 1.14 bits per heavy atom. The van der Waals surface area contributed by atoms with Crippen molar-refractivity contribution in [2.24, 2.45) is 5.41 Å². The van der Waals surface area contributed by atoms with Crippen molar-refractivity contribution >= 4 is 5.69 Å². The summed E-state index contributed by atoms with van der Waals surface area (Å²) in [4.78, 5) is 2.44. The van der Waals surface area contributed by atoms with Gasteiger partial charge < -0.3 is 10.2 Å². The summed E-state index contributed by atoms with van der Waals surface area (Å²) in [6, 6.07) is 5.22. The number of nitrogens with zero attached hydrogens (tertiary/aromatic N) is 1. The van der Waals surface area contributed by atoms with Crippen molar-refractivity contribution in [1.29, 1.82) is 0 Å². The number of hydrogen-bond donors (Lipinski definition) is 1. The molecule has 1 aromatic carbocycles. The minimum absolute atomic E-state index is 0.139. The molecule has 1 N–H and O–H groups in total. The third-order valence-electron chi connectivity index (χ3n) is 5.27. The molecule has 0 spiro atoms. The van der Waals surface area contributed by atoms with E-state index in [2.05, 4.69) is 31.0 Å². The van der Waals surface area contributed by atoms with E-state index in [9.17, 15) is 4.39 Å². The van der Waals surface area contributed by atoms with Crippen LogP contribution in [0.5, 0.6) is 0 Å². The average Bonchev–Trinajstić information content (AvgIpc) is 2.53. The Morgan fingerprint density at radius 3 is 2.38 bits per heavy atom. The molecule has 0 aliphatic carbocycles. The van der Waals surface area contributed by atoms with E-state index >= 15 is 0 Å². The summed E-state index contributed by atoms with van der Waals surface area (Å²) in [5.41, 5.74) is 2.81. The highest BCUT2D eigenvalue weighted by atomic mass is 19.1. The van der Waals surface area contributed by atoms with E-state index < -0.39 is 0 Å². The van der Waals surface area contributed by atoms with Crippen molar-refractivity contribution in [3.05, 3.63) is 29.6 Å². The average molecular weight is 292 g/mol. The molecular formula is C18H29FN2. The maximum Gasteiger partial charge on any atom is 0.123 e. The molecule has 0 aromatic heterocycles. The van der Waals surface area contributed by atoms with Crippen LogP contribution in [0.4, 0.5) is 10.1 Å². The van der Waals surface area contributed by atoms with Crippen LogP contribution in [0, 0.1) is 11.2 Å². The van der Waals surface area contributed by atoms with E-state index in [4.69, 9.17) is 0 Å². The number of hydrogen-bond acceptors (Lipinski definition) is 2. The maximum absolute atomic E-state index is 13.5. The van der Waals surface area contributed by atoms with Crippen LogP contribution in [-0.4, -0.2) is 19.6 Å². The van der Waals surface area contributed by atoms with Gasteiger partial charge in [0, 0.05) is 25.3 Å². The van der Waals surface area contributed by atoms with E-state index in [0.717, 1.165) is 31.7 Å². The molecule has 1 aliphatic rings. The van der Waals surface area contributed by atoms with Crippen LogP contribution in [0.3, 0.4) is 0 Å². The number of anilines is 1. The quantitative estimate of drug-likeness (QED) is 0.839. The van der Waals surface area contributed by atoms with Crippen LogP contribution < -0.4 is 10.2 Å². The van der Waals surface area contributed by atoms with Crippen molar-refractivity contribution in [3.63, 3.8) is 0 Å². The molecule has 21 heavy (non-hydrogen) atoms. The van der Waals surface area contributed by atoms with Crippen molar-refractivity contribution in [3.8, 4) is 0 Å². The Hall–Kier alpha value is -1.09. The van der Waals surface area contributed by atoms with Crippen molar-refractivity contribution in [2.75, 3.05) is 24.5 Å². The van der Waals surface area contributed by atoms with Gasteiger partial charge in [0.15, 0.2) is 0 Å². The molecule has 0 atom stereocenters. The Balaban J connectivity index is 2.12. The van der Waals surface area contributed by atoms with Crippen molar-refractivity contribution in [1.82, 2.24) is 5.32 Å². The van der Waals surface area contributed by atoms with Gasteiger partial charge in [-0.25, -0.2) is 4.39 Å². The van der Waals surface area contributed by atoms with Gasteiger partial charge in [-0.3, -0.25) is 0 Å². The molecule has 0 unspecified atom stereocenters. The number of nitrogens with one attached hydrogen (secondary N) is 1. The molecule has 3 heteroatoms. The fourth-order valence-electron chi connectivity index (χ4n) is 3.44. The fourth-order valence-corrected chi connectivity index (χ4v) is 3.44. The summed E-state index contributed by atoms with van der Waals surface area (Å²) < 4.78 is 13.5. The lowest BCUT2D eigenvalue weighted by Gasteiger charge is -2.42. The lowest BCUT2D eigenvalue weighted by atomic mass is 9.74. The second kappa shape index (κ2) is 7.26. The molecule has 0 amide bonds. The van der Waals surface area contributed by atoms with Gasteiger partial charge in [0.2, 0.25) is 0 Å². The highest BCUT2D eigenvalue weighted by Crippen LogP contribution is 2.39. The van der Waals surface area contributed by atoms with E-state index in [-0.39, 0.29) is 5.82 Å². The van der Waals surface area contributed by atoms with Crippen LogP contribution in [0.2, 0.25) is 0 Å². The molecule has 1 fully saturated rings. The fraction of sp³-hybridized carbons (Fsp3) is 0.667. The van der Waals surface area contributed by atoms with Crippen molar-refractivity contribution in [2.45, 2.75) is 53.0 Å². The first-order valence-corrected chi connectivity index (χ1v) is 8.38. The van der Waals surface area contributed by atoms with Gasteiger partial charge in [0.1, 0.15) is 5.82 Å². The number of halogens is 1. The SMILES string of the molecule is CCNCc1cc(F)ccc1N1CCC(CC)(CC)CC1. The van der Waals surface area contributed by atoms with Crippen LogP contribution in [0.25, 0.3) is 0 Å². The monoisotopic (exact) mass is 292 g/mol. The zero-order valence-corrected chi connectivity index (χ0v) is 13.7. The van der Waals surface area contributed by atoms with Gasteiger partial charge in [-0.1, -0.05) is 33.6 Å². The maximum atomic E-state index is 13.5. The van der Waals surface area contributed by atoms with Crippen molar-refractivity contribution < 1.29 is 4.39 Å². The number of rotatable bonds is 6. The molecule has 1 saturated heterocycles. The molecule has 1 aromatic rings. The predicted octanol–water partition coefficient (Wildman–Crippen LogP) is 4.34. The van der Waals surface area contributed by atoms with Crippen LogP contribution >= 0.6 is 0 Å². The van der Waals surface area contributed by atoms with Gasteiger partial charge in [-0.05, 0) is 48.6 Å². The molecule has 2 nitrogen and oxygen atoms in total. The molecule has 1 aliphatic heterocycles. The highest BCUT2D eigenvalue weighted by molar-refractivity contribution is 5.54. The summed E-state index contributed by atoms with van der Waals surface area (Å²) in [6.45, 7) is 10.5. The highest BCUT2D eigenvalue weighted by Gasteiger charge is 2.31. The zero-order chi connectivity index (χ0) is 15.3. The minimum Gasteiger partial charge on any atom is -0.371 e. The van der Waals surface area contributed by atoms with E-state index in [1.54, 1.807) is 12.1 Å². The van der Waals surface area contributed by atoms with Gasteiger partial charge in [-0.2, -0.15) is 0 Å². The Morgan fingerprint density at radius 2 is 1.81 bits per heavy atom. The first-order chi connectivity index (χ1) is 10.1. The second-order valence-electron chi connectivity index (χ2n) is 6.25. The normalized spacial score (nSPS) is 18.0. The summed E-state index contributed by atoms with van der Waals surface area (Å²) in [5.74, 6) is -0.139. The lowest BCUT2D eigenvalue weighted by Crippen LogP contribution is -2.40. The second-order valence-corrected chi connectivity index (χ2v) is 6.25. The largest absolute Gasteiger partial charge is 0.371 e. The lowest BCUT2D eigenvalue weighted by molar-refractivity contribution is 0.199. The first kappa shape index (κ1) is 16.3. The molecule has 0 radical (unpaired) electrons. The van der Waals surface area contributed by atoms with Gasteiger partial charge >= 0.3 is 0 Å². The minimum atomic E-state index is -0.139. The van der Waals surface area contributed by atoms with E-state index in [1.165, 1.54) is 31.4 Å². The zero-order valence-electron chi connectivity index (χ0n) is 13.7. The number of piperidine rings is 1. The third kappa shape index (κ3) is 3.76. The molecule has 1 heterocycles.